The van der Waals surface area contributed by atoms with Crippen molar-refractivity contribution < 1.29 is 9.15 Å². The van der Waals surface area contributed by atoms with E-state index in [-0.39, 0.29) is 0 Å². The molecule has 5 heteroatoms. The summed E-state index contributed by atoms with van der Waals surface area (Å²) in [5, 5.41) is 11.5. The van der Waals surface area contributed by atoms with Crippen molar-refractivity contribution in [3.63, 3.8) is 0 Å². The smallest absolute Gasteiger partial charge is 0.233 e. The molecule has 2 aromatic heterocycles. The van der Waals surface area contributed by atoms with Crippen LogP contribution < -0.4 is 10.1 Å². The molecular formula is C13H15N3O2. The highest BCUT2D eigenvalue weighted by molar-refractivity contribution is 5.12. The molecule has 1 aliphatic rings. The van der Waals surface area contributed by atoms with Gasteiger partial charge in [-0.1, -0.05) is 0 Å². The highest BCUT2D eigenvalue weighted by Crippen LogP contribution is 2.19. The van der Waals surface area contributed by atoms with Crippen LogP contribution in [0.25, 0.3) is 0 Å². The molecule has 3 rings (SSSR count). The summed E-state index contributed by atoms with van der Waals surface area (Å²) < 4.78 is 10.6. The number of ether oxygens (including phenoxy) is 1. The Balaban J connectivity index is 1.50. The molecular weight excluding hydrogens is 230 g/mol. The Labute approximate surface area is 105 Å². The molecule has 0 saturated heterocycles. The van der Waals surface area contributed by atoms with Crippen molar-refractivity contribution in [1.29, 1.82) is 0 Å². The van der Waals surface area contributed by atoms with E-state index >= 15 is 0 Å². The summed E-state index contributed by atoms with van der Waals surface area (Å²) in [7, 11) is 0. The van der Waals surface area contributed by atoms with Gasteiger partial charge in [0.1, 0.15) is 12.4 Å². The minimum atomic E-state index is 0.376. The predicted octanol–water partition coefficient (Wildman–Crippen LogP) is 1.90. The number of hydrogen-bond acceptors (Lipinski definition) is 5. The quantitative estimate of drug-likeness (QED) is 0.842. The van der Waals surface area contributed by atoms with E-state index in [0.29, 0.717) is 18.5 Å². The van der Waals surface area contributed by atoms with Gasteiger partial charge in [0.15, 0.2) is 0 Å². The third-order valence-corrected chi connectivity index (χ3v) is 2.79. The van der Waals surface area contributed by atoms with Gasteiger partial charge in [0.05, 0.1) is 12.0 Å². The van der Waals surface area contributed by atoms with Gasteiger partial charge in [-0.15, -0.1) is 5.10 Å². The van der Waals surface area contributed by atoms with Gasteiger partial charge >= 0.3 is 0 Å². The molecule has 0 radical (unpaired) electrons. The van der Waals surface area contributed by atoms with Crippen molar-refractivity contribution in [1.82, 2.24) is 15.5 Å². The number of nitrogens with zero attached hydrogens (tertiary/aromatic N) is 2. The molecule has 0 aromatic carbocycles. The molecule has 0 unspecified atom stereocenters. The predicted molar refractivity (Wildman–Crippen MR) is 64.9 cm³/mol. The van der Waals surface area contributed by atoms with Gasteiger partial charge in [0, 0.05) is 18.7 Å². The van der Waals surface area contributed by atoms with E-state index in [1.807, 2.05) is 24.3 Å². The molecule has 0 atom stereocenters. The fourth-order valence-electron chi connectivity index (χ4n) is 1.60. The van der Waals surface area contributed by atoms with E-state index < -0.39 is 0 Å². The molecule has 0 spiro atoms. The lowest BCUT2D eigenvalue weighted by atomic mass is 10.4. The summed E-state index contributed by atoms with van der Waals surface area (Å²) >= 11 is 0. The van der Waals surface area contributed by atoms with Crippen LogP contribution in [0.3, 0.4) is 0 Å². The van der Waals surface area contributed by atoms with E-state index in [0.717, 1.165) is 18.0 Å². The van der Waals surface area contributed by atoms with E-state index in [1.165, 1.54) is 12.8 Å². The largest absolute Gasteiger partial charge is 0.468 e. The number of furan rings is 1. The van der Waals surface area contributed by atoms with Crippen molar-refractivity contribution in [3.05, 3.63) is 42.0 Å². The molecule has 0 bridgehead atoms. The molecule has 1 fully saturated rings. The monoisotopic (exact) mass is 245 g/mol. The highest BCUT2D eigenvalue weighted by Gasteiger charge is 2.20. The number of hydrogen-bond donors (Lipinski definition) is 1. The molecule has 1 N–H and O–H groups in total. The minimum absolute atomic E-state index is 0.376. The second-order valence-electron chi connectivity index (χ2n) is 4.39. The Morgan fingerprint density at radius 1 is 1.28 bits per heavy atom. The first kappa shape index (κ1) is 11.2. The zero-order chi connectivity index (χ0) is 12.2. The summed E-state index contributed by atoms with van der Waals surface area (Å²) in [6.07, 6.45) is 4.17. The van der Waals surface area contributed by atoms with Crippen molar-refractivity contribution in [3.8, 4) is 5.88 Å². The first-order chi connectivity index (χ1) is 8.90. The van der Waals surface area contributed by atoms with Crippen LogP contribution in [0.15, 0.2) is 34.9 Å². The second-order valence-corrected chi connectivity index (χ2v) is 4.39. The van der Waals surface area contributed by atoms with Crippen LogP contribution in [0.1, 0.15) is 24.3 Å². The first-order valence-electron chi connectivity index (χ1n) is 6.11. The van der Waals surface area contributed by atoms with Crippen molar-refractivity contribution in [2.24, 2.45) is 0 Å². The van der Waals surface area contributed by atoms with Gasteiger partial charge in [0.25, 0.3) is 0 Å². The van der Waals surface area contributed by atoms with Crippen LogP contribution >= 0.6 is 0 Å². The zero-order valence-corrected chi connectivity index (χ0v) is 10.0. The van der Waals surface area contributed by atoms with Gasteiger partial charge < -0.3 is 14.5 Å². The lowest BCUT2D eigenvalue weighted by Crippen LogP contribution is -2.16. The Hall–Kier alpha value is -1.88. The molecule has 1 saturated carbocycles. The average molecular weight is 245 g/mol. The molecule has 1 aliphatic carbocycles. The van der Waals surface area contributed by atoms with Gasteiger partial charge in [0.2, 0.25) is 5.88 Å². The van der Waals surface area contributed by atoms with E-state index in [2.05, 4.69) is 15.5 Å². The van der Waals surface area contributed by atoms with Gasteiger partial charge in [-0.2, -0.15) is 5.10 Å². The highest BCUT2D eigenvalue weighted by atomic mass is 16.5. The van der Waals surface area contributed by atoms with Crippen molar-refractivity contribution >= 4 is 0 Å². The Morgan fingerprint density at radius 2 is 2.22 bits per heavy atom. The third kappa shape index (κ3) is 3.07. The van der Waals surface area contributed by atoms with E-state index in [1.54, 1.807) is 6.26 Å². The first-order valence-corrected chi connectivity index (χ1v) is 6.11. The van der Waals surface area contributed by atoms with Crippen LogP contribution in [0.5, 0.6) is 5.88 Å². The lowest BCUT2D eigenvalue weighted by molar-refractivity contribution is 0.257. The number of aromatic nitrogens is 2. The van der Waals surface area contributed by atoms with Crippen LogP contribution in [0.4, 0.5) is 0 Å². The molecule has 2 aromatic rings. The fourth-order valence-corrected chi connectivity index (χ4v) is 1.60. The summed E-state index contributed by atoms with van der Waals surface area (Å²) in [5.41, 5.74) is 0.937. The Bertz CT molecular complexity index is 477. The molecule has 94 valence electrons. The van der Waals surface area contributed by atoms with E-state index in [4.69, 9.17) is 9.15 Å². The lowest BCUT2D eigenvalue weighted by Gasteiger charge is -2.04. The topological polar surface area (TPSA) is 60.2 Å². The third-order valence-electron chi connectivity index (χ3n) is 2.79. The molecule has 5 nitrogen and oxygen atoms in total. The SMILES string of the molecule is c1coc(COc2ccc(CNC3CC3)nn2)c1. The van der Waals surface area contributed by atoms with Crippen LogP contribution in [-0.2, 0) is 13.2 Å². The molecule has 18 heavy (non-hydrogen) atoms. The van der Waals surface area contributed by atoms with Crippen LogP contribution in [-0.4, -0.2) is 16.2 Å². The summed E-state index contributed by atoms with van der Waals surface area (Å²) in [6.45, 7) is 1.15. The summed E-state index contributed by atoms with van der Waals surface area (Å²) in [4.78, 5) is 0. The van der Waals surface area contributed by atoms with Crippen molar-refractivity contribution in [2.45, 2.75) is 32.0 Å². The number of rotatable bonds is 6. The standard InChI is InChI=1S/C13H15N3O2/c1-2-12(17-7-1)9-18-13-6-5-11(15-16-13)8-14-10-3-4-10/h1-2,5-7,10,14H,3-4,8-9H2. The Morgan fingerprint density at radius 3 is 2.89 bits per heavy atom. The summed E-state index contributed by atoms with van der Waals surface area (Å²) in [6, 6.07) is 8.14. The van der Waals surface area contributed by atoms with Gasteiger partial charge in [-0.3, -0.25) is 0 Å². The minimum Gasteiger partial charge on any atom is -0.468 e. The fraction of sp³-hybridized carbons (Fsp3) is 0.385. The second kappa shape index (κ2) is 5.18. The molecule has 2 heterocycles. The number of nitrogens with one attached hydrogen (secondary N) is 1. The zero-order valence-electron chi connectivity index (χ0n) is 10.0. The summed E-state index contributed by atoms with van der Waals surface area (Å²) in [5.74, 6) is 1.29. The molecule has 0 amide bonds. The van der Waals surface area contributed by atoms with Gasteiger partial charge in [-0.05, 0) is 31.0 Å². The normalized spacial score (nSPS) is 14.7. The van der Waals surface area contributed by atoms with Crippen molar-refractivity contribution in [2.75, 3.05) is 0 Å². The van der Waals surface area contributed by atoms with Crippen LogP contribution in [0.2, 0.25) is 0 Å². The van der Waals surface area contributed by atoms with Crippen LogP contribution in [0, 0.1) is 0 Å². The maximum atomic E-state index is 5.46. The van der Waals surface area contributed by atoms with E-state index in [9.17, 15) is 0 Å². The average Bonchev–Trinajstić information content (AvgIpc) is 3.09. The molecule has 0 aliphatic heterocycles. The maximum absolute atomic E-state index is 5.46. The maximum Gasteiger partial charge on any atom is 0.233 e. The Kier molecular flexibility index (Phi) is 3.23. The van der Waals surface area contributed by atoms with Gasteiger partial charge in [-0.25, -0.2) is 0 Å².